The second-order valence-electron chi connectivity index (χ2n) is 7.34. The van der Waals surface area contributed by atoms with Gasteiger partial charge in [-0.15, -0.1) is 0 Å². The lowest BCUT2D eigenvalue weighted by Gasteiger charge is -2.34. The number of para-hydroxylation sites is 1. The molecule has 1 N–H and O–H groups in total. The van der Waals surface area contributed by atoms with Crippen molar-refractivity contribution in [1.29, 1.82) is 0 Å². The van der Waals surface area contributed by atoms with E-state index in [1.807, 2.05) is 30.3 Å². The predicted molar refractivity (Wildman–Crippen MR) is 115 cm³/mol. The molecule has 0 aliphatic carbocycles. The molecule has 1 aromatic heterocycles. The Morgan fingerprint density at radius 2 is 1.52 bits per heavy atom. The van der Waals surface area contributed by atoms with Crippen LogP contribution in [0.15, 0.2) is 71.8 Å². The lowest BCUT2D eigenvalue weighted by atomic mass is 10.2. The third-order valence-corrected chi connectivity index (χ3v) is 6.64. The van der Waals surface area contributed by atoms with Crippen molar-refractivity contribution >= 4 is 20.9 Å². The van der Waals surface area contributed by atoms with Gasteiger partial charge in [0.05, 0.1) is 5.52 Å². The van der Waals surface area contributed by atoms with Crippen LogP contribution in [0.1, 0.15) is 5.56 Å². The summed E-state index contributed by atoms with van der Waals surface area (Å²) in [4.78, 5) is 9.03. The van der Waals surface area contributed by atoms with Gasteiger partial charge >= 0.3 is 0 Å². The molecule has 152 valence electrons. The molecule has 0 radical (unpaired) electrons. The number of hydrogen-bond donors (Lipinski definition) is 1. The number of piperazine rings is 1. The molecule has 6 nitrogen and oxygen atoms in total. The Labute approximate surface area is 172 Å². The molecule has 29 heavy (non-hydrogen) atoms. The highest BCUT2D eigenvalue weighted by molar-refractivity contribution is 7.89. The van der Waals surface area contributed by atoms with E-state index < -0.39 is 10.0 Å². The lowest BCUT2D eigenvalue weighted by Crippen LogP contribution is -2.48. The smallest absolute Gasteiger partial charge is 0.258 e. The van der Waals surface area contributed by atoms with Crippen molar-refractivity contribution in [3.63, 3.8) is 0 Å². The van der Waals surface area contributed by atoms with Gasteiger partial charge in [0.1, 0.15) is 0 Å². The van der Waals surface area contributed by atoms with Gasteiger partial charge in [0.25, 0.3) is 10.0 Å². The molecule has 4 rings (SSSR count). The van der Waals surface area contributed by atoms with E-state index in [-0.39, 0.29) is 5.03 Å². The first kappa shape index (κ1) is 20.0. The number of hydrogen-bond acceptors (Lipinski definition) is 5. The minimum atomic E-state index is -3.60. The maximum Gasteiger partial charge on any atom is 0.258 e. The fraction of sp³-hybridized carbons (Fsp3) is 0.318. The fourth-order valence-electron chi connectivity index (χ4n) is 3.62. The monoisotopic (exact) mass is 410 g/mol. The molecule has 1 aliphatic heterocycles. The second kappa shape index (κ2) is 9.00. The van der Waals surface area contributed by atoms with E-state index in [0.717, 1.165) is 38.1 Å². The Hall–Kier alpha value is -2.32. The van der Waals surface area contributed by atoms with E-state index in [4.69, 9.17) is 0 Å². The minimum absolute atomic E-state index is 0.0730. The first-order chi connectivity index (χ1) is 14.1. The SMILES string of the molecule is O=S(=O)(NCCN1CCN(Cc2ccccc2)CC1)c1ccc2ccccc2n1. The molecule has 2 heterocycles. The molecule has 0 amide bonds. The van der Waals surface area contributed by atoms with Crippen molar-refractivity contribution < 1.29 is 8.42 Å². The summed E-state index contributed by atoms with van der Waals surface area (Å²) in [5.74, 6) is 0. The van der Waals surface area contributed by atoms with Crippen molar-refractivity contribution in [1.82, 2.24) is 19.5 Å². The zero-order chi connectivity index (χ0) is 20.1. The van der Waals surface area contributed by atoms with Gasteiger partial charge in [0.2, 0.25) is 0 Å². The Morgan fingerprint density at radius 1 is 0.828 bits per heavy atom. The van der Waals surface area contributed by atoms with Gasteiger partial charge in [0.15, 0.2) is 5.03 Å². The Kier molecular flexibility index (Phi) is 6.20. The molecule has 7 heteroatoms. The van der Waals surface area contributed by atoms with Crippen LogP contribution in [0.2, 0.25) is 0 Å². The van der Waals surface area contributed by atoms with Crippen LogP contribution < -0.4 is 4.72 Å². The summed E-state index contributed by atoms with van der Waals surface area (Å²) in [7, 11) is -3.60. The van der Waals surface area contributed by atoms with Crippen LogP contribution in [-0.4, -0.2) is 62.5 Å². The summed E-state index contributed by atoms with van der Waals surface area (Å²) < 4.78 is 27.8. The third kappa shape index (κ3) is 5.19. The Bertz CT molecular complexity index is 1050. The molecule has 1 saturated heterocycles. The molecule has 0 saturated carbocycles. The highest BCUT2D eigenvalue weighted by Gasteiger charge is 2.19. The van der Waals surface area contributed by atoms with Crippen LogP contribution in [0, 0.1) is 0 Å². The van der Waals surface area contributed by atoms with E-state index >= 15 is 0 Å². The average molecular weight is 411 g/mol. The molecular formula is C22H26N4O2S. The van der Waals surface area contributed by atoms with Gasteiger partial charge in [-0.1, -0.05) is 48.5 Å². The van der Waals surface area contributed by atoms with Crippen molar-refractivity contribution in [2.24, 2.45) is 0 Å². The zero-order valence-corrected chi connectivity index (χ0v) is 17.2. The predicted octanol–water partition coefficient (Wildman–Crippen LogP) is 2.33. The number of sulfonamides is 1. The number of fused-ring (bicyclic) bond motifs is 1. The highest BCUT2D eigenvalue weighted by atomic mass is 32.2. The van der Waals surface area contributed by atoms with Crippen LogP contribution in [0.4, 0.5) is 0 Å². The van der Waals surface area contributed by atoms with Gasteiger partial charge in [-0.25, -0.2) is 18.1 Å². The third-order valence-electron chi connectivity index (χ3n) is 5.28. The van der Waals surface area contributed by atoms with E-state index in [2.05, 4.69) is 43.8 Å². The van der Waals surface area contributed by atoms with E-state index in [1.165, 1.54) is 5.56 Å². The van der Waals surface area contributed by atoms with Crippen LogP contribution in [0.5, 0.6) is 0 Å². The van der Waals surface area contributed by atoms with Gasteiger partial charge in [-0.3, -0.25) is 9.80 Å². The number of aromatic nitrogens is 1. The highest BCUT2D eigenvalue weighted by Crippen LogP contribution is 2.15. The quantitative estimate of drug-likeness (QED) is 0.648. The number of nitrogens with zero attached hydrogens (tertiary/aromatic N) is 3. The second-order valence-corrected chi connectivity index (χ2v) is 9.06. The fourth-order valence-corrected chi connectivity index (χ4v) is 4.60. The normalized spacial score (nSPS) is 16.3. The Morgan fingerprint density at radius 3 is 2.31 bits per heavy atom. The molecule has 0 spiro atoms. The summed E-state index contributed by atoms with van der Waals surface area (Å²) in [5, 5.41) is 1.00. The van der Waals surface area contributed by atoms with Crippen LogP contribution in [0.3, 0.4) is 0 Å². The van der Waals surface area contributed by atoms with Gasteiger partial charge in [-0.2, -0.15) is 0 Å². The zero-order valence-electron chi connectivity index (χ0n) is 16.4. The molecule has 0 atom stereocenters. The minimum Gasteiger partial charge on any atom is -0.299 e. The standard InChI is InChI=1S/C22H26N4O2S/c27-29(28,22-11-10-20-8-4-5-9-21(20)24-22)23-12-13-25-14-16-26(17-15-25)18-19-6-2-1-3-7-19/h1-11,23H,12-18H2. The molecular weight excluding hydrogens is 384 g/mol. The van der Waals surface area contributed by atoms with E-state index in [9.17, 15) is 8.42 Å². The van der Waals surface area contributed by atoms with Crippen molar-refractivity contribution in [2.75, 3.05) is 39.3 Å². The topological polar surface area (TPSA) is 65.5 Å². The van der Waals surface area contributed by atoms with Gasteiger partial charge < -0.3 is 0 Å². The maximum atomic E-state index is 12.6. The summed E-state index contributed by atoms with van der Waals surface area (Å²) in [6.07, 6.45) is 0. The van der Waals surface area contributed by atoms with Crippen LogP contribution in [0.25, 0.3) is 10.9 Å². The van der Waals surface area contributed by atoms with Gasteiger partial charge in [0, 0.05) is 51.2 Å². The average Bonchev–Trinajstić information content (AvgIpc) is 2.75. The number of rotatable bonds is 7. The van der Waals surface area contributed by atoms with Crippen molar-refractivity contribution in [2.45, 2.75) is 11.6 Å². The van der Waals surface area contributed by atoms with E-state index in [1.54, 1.807) is 12.1 Å². The number of benzene rings is 2. The lowest BCUT2D eigenvalue weighted by molar-refractivity contribution is 0.129. The van der Waals surface area contributed by atoms with Crippen LogP contribution in [-0.2, 0) is 16.6 Å². The van der Waals surface area contributed by atoms with Crippen molar-refractivity contribution in [3.05, 3.63) is 72.3 Å². The molecule has 2 aromatic carbocycles. The summed E-state index contributed by atoms with van der Waals surface area (Å²) in [6.45, 7) is 5.93. The van der Waals surface area contributed by atoms with Gasteiger partial charge in [-0.05, 0) is 23.8 Å². The first-order valence-electron chi connectivity index (χ1n) is 9.94. The number of nitrogens with one attached hydrogen (secondary N) is 1. The summed E-state index contributed by atoms with van der Waals surface area (Å²) in [6, 6.07) is 21.4. The van der Waals surface area contributed by atoms with Crippen molar-refractivity contribution in [3.8, 4) is 0 Å². The molecule has 1 aliphatic rings. The molecule has 0 bridgehead atoms. The molecule has 0 unspecified atom stereocenters. The Balaban J connectivity index is 1.25. The van der Waals surface area contributed by atoms with E-state index in [0.29, 0.717) is 18.6 Å². The first-order valence-corrected chi connectivity index (χ1v) is 11.4. The molecule has 3 aromatic rings. The summed E-state index contributed by atoms with van der Waals surface area (Å²) in [5.41, 5.74) is 2.02. The number of pyridine rings is 1. The summed E-state index contributed by atoms with van der Waals surface area (Å²) >= 11 is 0. The maximum absolute atomic E-state index is 12.6. The molecule has 1 fully saturated rings. The largest absolute Gasteiger partial charge is 0.299 e. The van der Waals surface area contributed by atoms with Crippen LogP contribution >= 0.6 is 0 Å².